The molecule has 0 spiro atoms. The highest BCUT2D eigenvalue weighted by molar-refractivity contribution is 6.08. The number of carbonyl (C=O) groups is 3. The van der Waals surface area contributed by atoms with Crippen LogP contribution in [-0.2, 0) is 14.4 Å². The molecule has 108 valence electrons. The number of rotatable bonds is 4. The Morgan fingerprint density at radius 2 is 1.85 bits per heavy atom. The maximum absolute atomic E-state index is 12.4. The van der Waals surface area contributed by atoms with Crippen LogP contribution in [0.3, 0.4) is 0 Å². The number of imide groups is 1. The molecule has 1 aliphatic heterocycles. The summed E-state index contributed by atoms with van der Waals surface area (Å²) in [5.74, 6) is -0.593. The van der Waals surface area contributed by atoms with Crippen molar-refractivity contribution in [3.63, 3.8) is 0 Å². The first-order valence-corrected chi connectivity index (χ1v) is 7.35. The number of nitrogens with zero attached hydrogens (tertiary/aromatic N) is 1. The van der Waals surface area contributed by atoms with E-state index in [1.54, 1.807) is 0 Å². The lowest BCUT2D eigenvalue weighted by atomic mass is 9.85. The minimum absolute atomic E-state index is 0.0626. The number of nitrogens with one attached hydrogen (secondary N) is 1. The first kappa shape index (κ1) is 13.3. The molecule has 2 fully saturated rings. The predicted octanol–water partition coefficient (Wildman–Crippen LogP) is 0.708. The molecule has 1 N–H and O–H groups in total. The largest absolute Gasteiger partial charge is 0.352 e. The van der Waals surface area contributed by atoms with E-state index < -0.39 is 0 Å². The Morgan fingerprint density at radius 3 is 2.35 bits per heavy atom. The molecule has 1 heterocycles. The summed E-state index contributed by atoms with van der Waals surface area (Å²) in [5.41, 5.74) is 0. The van der Waals surface area contributed by atoms with Crippen LogP contribution < -0.4 is 5.32 Å². The van der Waals surface area contributed by atoms with Crippen LogP contribution in [0.4, 0.5) is 0 Å². The minimum atomic E-state index is -0.249. The lowest BCUT2D eigenvalue weighted by Gasteiger charge is -2.18. The Morgan fingerprint density at radius 1 is 1.30 bits per heavy atom. The molecule has 1 saturated heterocycles. The average molecular weight is 276 g/mol. The van der Waals surface area contributed by atoms with Gasteiger partial charge in [-0.25, -0.2) is 0 Å². The van der Waals surface area contributed by atoms with E-state index in [9.17, 15) is 14.4 Å². The zero-order valence-corrected chi connectivity index (χ0v) is 11.8. The molecular weight excluding hydrogens is 256 g/mol. The van der Waals surface area contributed by atoms with Crippen LogP contribution in [0.5, 0.6) is 0 Å². The summed E-state index contributed by atoms with van der Waals surface area (Å²) in [4.78, 5) is 37.8. The third kappa shape index (κ3) is 1.87. The number of amides is 3. The lowest BCUT2D eigenvalue weighted by molar-refractivity contribution is -0.144. The molecular formula is C15H20N2O3. The van der Waals surface area contributed by atoms with Crippen molar-refractivity contribution in [3.05, 3.63) is 12.2 Å². The quantitative estimate of drug-likeness (QED) is 0.607. The number of fused-ring (bicyclic) bond motifs is 5. The zero-order chi connectivity index (χ0) is 14.4. The van der Waals surface area contributed by atoms with Crippen LogP contribution in [0.25, 0.3) is 0 Å². The summed E-state index contributed by atoms with van der Waals surface area (Å²) in [5, 5.41) is 2.80. The lowest BCUT2D eigenvalue weighted by Crippen LogP contribution is -2.44. The van der Waals surface area contributed by atoms with E-state index in [4.69, 9.17) is 0 Å². The summed E-state index contributed by atoms with van der Waals surface area (Å²) in [7, 11) is 0. The summed E-state index contributed by atoms with van der Waals surface area (Å²) >= 11 is 0. The van der Waals surface area contributed by atoms with Gasteiger partial charge in [-0.15, -0.1) is 0 Å². The molecule has 20 heavy (non-hydrogen) atoms. The van der Waals surface area contributed by atoms with Crippen LogP contribution in [0.2, 0.25) is 0 Å². The van der Waals surface area contributed by atoms with Crippen molar-refractivity contribution in [2.45, 2.75) is 32.7 Å². The molecule has 3 aliphatic rings. The van der Waals surface area contributed by atoms with Crippen molar-refractivity contribution < 1.29 is 14.4 Å². The van der Waals surface area contributed by atoms with E-state index in [-0.39, 0.29) is 54.0 Å². The molecule has 2 aliphatic carbocycles. The number of likely N-dealkylation sites (tertiary alicyclic amines) is 1. The van der Waals surface area contributed by atoms with Crippen molar-refractivity contribution in [1.82, 2.24) is 10.2 Å². The second kappa shape index (κ2) is 4.72. The van der Waals surface area contributed by atoms with Crippen LogP contribution >= 0.6 is 0 Å². The molecule has 0 unspecified atom stereocenters. The van der Waals surface area contributed by atoms with E-state index in [0.29, 0.717) is 0 Å². The average Bonchev–Trinajstić information content (AvgIpc) is 3.08. The highest BCUT2D eigenvalue weighted by Gasteiger charge is 2.59. The standard InChI is InChI=1S/C15H20N2O3/c1-3-8(2)16-11(18)7-17-14(19)12-9-4-5-10(6-9)13(12)15(17)20/h4-5,8-10,12-13H,3,6-7H2,1-2H3,(H,16,18)/t8-,9-,10+,12-,13+/m1/s1. The molecule has 0 aromatic rings. The van der Waals surface area contributed by atoms with Gasteiger partial charge in [-0.1, -0.05) is 19.1 Å². The van der Waals surface area contributed by atoms with E-state index in [2.05, 4.69) is 17.5 Å². The number of hydrogen-bond acceptors (Lipinski definition) is 3. The monoisotopic (exact) mass is 276 g/mol. The van der Waals surface area contributed by atoms with Gasteiger partial charge >= 0.3 is 0 Å². The van der Waals surface area contributed by atoms with Gasteiger partial charge in [-0.05, 0) is 31.6 Å². The summed E-state index contributed by atoms with van der Waals surface area (Å²) in [6.07, 6.45) is 5.85. The number of carbonyl (C=O) groups excluding carboxylic acids is 3. The van der Waals surface area contributed by atoms with Gasteiger partial charge in [0.2, 0.25) is 17.7 Å². The molecule has 1 saturated carbocycles. The SMILES string of the molecule is CC[C@@H](C)NC(=O)CN1C(=O)[C@@H]2[C@H](C1=O)[C@@H]1C=C[C@H]2C1. The Bertz CT molecular complexity index is 469. The summed E-state index contributed by atoms with van der Waals surface area (Å²) < 4.78 is 0. The van der Waals surface area contributed by atoms with Crippen LogP contribution in [0.1, 0.15) is 26.7 Å². The Hall–Kier alpha value is -1.65. The summed E-state index contributed by atoms with van der Waals surface area (Å²) in [6, 6.07) is 0.0626. The molecule has 3 rings (SSSR count). The van der Waals surface area contributed by atoms with Crippen LogP contribution in [0, 0.1) is 23.7 Å². The van der Waals surface area contributed by atoms with Gasteiger partial charge in [-0.2, -0.15) is 0 Å². The van der Waals surface area contributed by atoms with Crippen molar-refractivity contribution in [2.75, 3.05) is 6.54 Å². The van der Waals surface area contributed by atoms with E-state index >= 15 is 0 Å². The zero-order valence-electron chi connectivity index (χ0n) is 11.8. The van der Waals surface area contributed by atoms with Gasteiger partial charge < -0.3 is 5.32 Å². The molecule has 0 aromatic heterocycles. The predicted molar refractivity (Wildman–Crippen MR) is 72.3 cm³/mol. The fourth-order valence-corrected chi connectivity index (χ4v) is 3.69. The van der Waals surface area contributed by atoms with Gasteiger partial charge in [0.05, 0.1) is 11.8 Å². The van der Waals surface area contributed by atoms with Crippen molar-refractivity contribution in [3.8, 4) is 0 Å². The van der Waals surface area contributed by atoms with Gasteiger partial charge in [0.1, 0.15) is 6.54 Å². The van der Waals surface area contributed by atoms with Crippen molar-refractivity contribution in [2.24, 2.45) is 23.7 Å². The Kier molecular flexibility index (Phi) is 3.15. The van der Waals surface area contributed by atoms with Crippen LogP contribution in [0.15, 0.2) is 12.2 Å². The van der Waals surface area contributed by atoms with E-state index in [0.717, 1.165) is 12.8 Å². The van der Waals surface area contributed by atoms with Crippen LogP contribution in [-0.4, -0.2) is 35.2 Å². The maximum atomic E-state index is 12.4. The summed E-state index contributed by atoms with van der Waals surface area (Å²) in [6.45, 7) is 3.75. The Labute approximate surface area is 118 Å². The van der Waals surface area contributed by atoms with Crippen molar-refractivity contribution in [1.29, 1.82) is 0 Å². The third-order valence-electron chi connectivity index (χ3n) is 4.88. The van der Waals surface area contributed by atoms with Crippen molar-refractivity contribution >= 4 is 17.7 Å². The first-order valence-electron chi connectivity index (χ1n) is 7.35. The molecule has 0 radical (unpaired) electrons. The first-order chi connectivity index (χ1) is 9.52. The number of hydrogen-bond donors (Lipinski definition) is 1. The third-order valence-corrected chi connectivity index (χ3v) is 4.88. The normalized spacial score (nSPS) is 35.6. The molecule has 2 bridgehead atoms. The molecule has 5 nitrogen and oxygen atoms in total. The number of allylic oxidation sites excluding steroid dienone is 2. The molecule has 3 amide bonds. The Balaban J connectivity index is 1.69. The smallest absolute Gasteiger partial charge is 0.240 e. The highest BCUT2D eigenvalue weighted by atomic mass is 16.2. The minimum Gasteiger partial charge on any atom is -0.352 e. The fraction of sp³-hybridized carbons (Fsp3) is 0.667. The van der Waals surface area contributed by atoms with E-state index in [1.807, 2.05) is 13.8 Å². The molecule has 0 aromatic carbocycles. The fourth-order valence-electron chi connectivity index (χ4n) is 3.69. The maximum Gasteiger partial charge on any atom is 0.240 e. The van der Waals surface area contributed by atoms with Gasteiger partial charge in [-0.3, -0.25) is 19.3 Å². The highest BCUT2D eigenvalue weighted by Crippen LogP contribution is 2.52. The molecule has 5 heteroatoms. The molecule has 5 atom stereocenters. The van der Waals surface area contributed by atoms with Gasteiger partial charge in [0.25, 0.3) is 0 Å². The second-order valence-electron chi connectivity index (χ2n) is 6.14. The topological polar surface area (TPSA) is 66.5 Å². The van der Waals surface area contributed by atoms with Gasteiger partial charge in [0.15, 0.2) is 0 Å². The van der Waals surface area contributed by atoms with E-state index in [1.165, 1.54) is 4.90 Å². The second-order valence-corrected chi connectivity index (χ2v) is 6.14. The van der Waals surface area contributed by atoms with Gasteiger partial charge in [0, 0.05) is 6.04 Å².